The average Bonchev–Trinajstić information content (AvgIpc) is 3.13. The molecule has 0 aliphatic heterocycles. The van der Waals surface area contributed by atoms with Crippen LogP contribution in [0.25, 0.3) is 0 Å². The number of hydrogen-bond acceptors (Lipinski definition) is 4. The number of carbonyl (C=O) groups excluding carboxylic acids is 1. The van der Waals surface area contributed by atoms with Crippen molar-refractivity contribution in [3.05, 3.63) is 52.9 Å². The van der Waals surface area contributed by atoms with Crippen molar-refractivity contribution in [2.45, 2.75) is 37.3 Å². The summed E-state index contributed by atoms with van der Waals surface area (Å²) in [5.74, 6) is 0.738. The summed E-state index contributed by atoms with van der Waals surface area (Å²) < 4.78 is 17.9. The Morgan fingerprint density at radius 1 is 1.15 bits per heavy atom. The number of carbonyl (C=O) groups is 1. The molecule has 7 heteroatoms. The Bertz CT molecular complexity index is 746. The minimum Gasteiger partial charge on any atom is -0.455 e. The number of nitrogens with one attached hydrogen (secondary N) is 1. The molecule has 0 radical (unpaired) electrons. The minimum atomic E-state index is -1.25. The highest BCUT2D eigenvalue weighted by Crippen LogP contribution is 2.17. The zero-order chi connectivity index (χ0) is 19.6. The van der Waals surface area contributed by atoms with Crippen molar-refractivity contribution in [3.63, 3.8) is 0 Å². The Kier molecular flexibility index (Phi) is 9.04. The van der Waals surface area contributed by atoms with E-state index in [1.54, 1.807) is 36.4 Å². The Morgan fingerprint density at radius 3 is 2.56 bits per heavy atom. The zero-order valence-corrected chi connectivity index (χ0v) is 17.4. The van der Waals surface area contributed by atoms with Gasteiger partial charge in [0.2, 0.25) is 0 Å². The lowest BCUT2D eigenvalue weighted by Gasteiger charge is -2.19. The van der Waals surface area contributed by atoms with E-state index >= 15 is 0 Å². The van der Waals surface area contributed by atoms with Gasteiger partial charge in [-0.05, 0) is 55.9 Å². The van der Waals surface area contributed by atoms with Crippen LogP contribution >= 0.6 is 11.6 Å². The number of nitrogens with zero attached hydrogens (tertiary/aromatic N) is 1. The third kappa shape index (κ3) is 7.13. The van der Waals surface area contributed by atoms with Crippen molar-refractivity contribution in [3.8, 4) is 0 Å². The van der Waals surface area contributed by atoms with Crippen molar-refractivity contribution < 1.29 is 13.4 Å². The number of amides is 1. The van der Waals surface area contributed by atoms with Crippen molar-refractivity contribution >= 4 is 28.3 Å². The summed E-state index contributed by atoms with van der Waals surface area (Å²) in [6.07, 6.45) is 2.32. The first-order chi connectivity index (χ1) is 13.0. The second kappa shape index (κ2) is 11.3. The first kappa shape index (κ1) is 21.7. The van der Waals surface area contributed by atoms with Crippen LogP contribution in [0.5, 0.6) is 0 Å². The molecular weight excluding hydrogens is 384 g/mol. The number of furan rings is 1. The first-order valence-corrected chi connectivity index (χ1v) is 11.0. The van der Waals surface area contributed by atoms with Crippen LogP contribution in [0.2, 0.25) is 5.02 Å². The lowest BCUT2D eigenvalue weighted by Crippen LogP contribution is -2.35. The summed E-state index contributed by atoms with van der Waals surface area (Å²) >= 11 is 5.85. The molecule has 1 aromatic carbocycles. The normalized spacial score (nSPS) is 12.3. The van der Waals surface area contributed by atoms with Crippen molar-refractivity contribution in [2.75, 3.05) is 26.2 Å². The minimum absolute atomic E-state index is 0.218. The molecule has 1 N–H and O–H groups in total. The van der Waals surface area contributed by atoms with E-state index in [1.165, 1.54) is 0 Å². The standard InChI is InChI=1S/C20H27ClN2O3S/c1-3-5-13-23(4-2)14-12-22-20(24)19-11-8-17(26-19)15-27(25)18-9-6-16(21)7-10-18/h6-11H,3-5,12-15H2,1-2H3,(H,22,24). The number of hydrogen-bond donors (Lipinski definition) is 1. The summed E-state index contributed by atoms with van der Waals surface area (Å²) in [4.78, 5) is 15.2. The molecule has 5 nitrogen and oxygen atoms in total. The van der Waals surface area contributed by atoms with Gasteiger partial charge >= 0.3 is 0 Å². The average molecular weight is 411 g/mol. The van der Waals surface area contributed by atoms with Crippen LogP contribution in [0.3, 0.4) is 0 Å². The van der Waals surface area contributed by atoms with E-state index in [0.717, 1.165) is 32.5 Å². The molecule has 0 spiro atoms. The Labute approximate surface area is 168 Å². The van der Waals surface area contributed by atoms with E-state index in [0.29, 0.717) is 22.2 Å². The van der Waals surface area contributed by atoms with Gasteiger partial charge in [-0.3, -0.25) is 9.00 Å². The lowest BCUT2D eigenvalue weighted by molar-refractivity contribution is 0.0919. The van der Waals surface area contributed by atoms with Gasteiger partial charge < -0.3 is 14.6 Å². The quantitative estimate of drug-likeness (QED) is 0.606. The topological polar surface area (TPSA) is 62.6 Å². The fraction of sp³-hybridized carbons (Fsp3) is 0.450. The van der Waals surface area contributed by atoms with Gasteiger partial charge in [0, 0.05) is 23.0 Å². The predicted molar refractivity (Wildman–Crippen MR) is 110 cm³/mol. The van der Waals surface area contributed by atoms with Crippen LogP contribution in [0.15, 0.2) is 45.7 Å². The second-order valence-electron chi connectivity index (χ2n) is 6.25. The van der Waals surface area contributed by atoms with Crippen LogP contribution in [-0.2, 0) is 16.6 Å². The highest BCUT2D eigenvalue weighted by molar-refractivity contribution is 7.84. The largest absolute Gasteiger partial charge is 0.455 e. The Balaban J connectivity index is 1.82. The fourth-order valence-corrected chi connectivity index (χ4v) is 3.75. The maximum atomic E-state index is 12.4. The molecule has 1 heterocycles. The number of halogens is 1. The highest BCUT2D eigenvalue weighted by atomic mass is 35.5. The molecule has 0 aliphatic rings. The molecule has 2 rings (SSSR count). The van der Waals surface area contributed by atoms with Crippen molar-refractivity contribution in [2.24, 2.45) is 0 Å². The van der Waals surface area contributed by atoms with E-state index in [4.69, 9.17) is 16.0 Å². The van der Waals surface area contributed by atoms with Crippen molar-refractivity contribution in [1.82, 2.24) is 10.2 Å². The molecule has 27 heavy (non-hydrogen) atoms. The summed E-state index contributed by atoms with van der Waals surface area (Å²) in [5, 5.41) is 3.48. The molecule has 2 aromatic rings. The third-order valence-corrected chi connectivity index (χ3v) is 5.82. The van der Waals surface area contributed by atoms with E-state index < -0.39 is 10.8 Å². The molecule has 0 saturated heterocycles. The number of benzene rings is 1. The van der Waals surface area contributed by atoms with Gasteiger partial charge in [0.15, 0.2) is 5.76 Å². The van der Waals surface area contributed by atoms with E-state index in [9.17, 15) is 9.00 Å². The molecular formula is C20H27ClN2O3S. The molecule has 0 saturated carbocycles. The number of likely N-dealkylation sites (N-methyl/N-ethyl adjacent to an activating group) is 1. The van der Waals surface area contributed by atoms with Gasteiger partial charge in [-0.1, -0.05) is 31.9 Å². The van der Waals surface area contributed by atoms with E-state index in [2.05, 4.69) is 24.1 Å². The third-order valence-electron chi connectivity index (χ3n) is 4.22. The number of rotatable bonds is 11. The molecule has 0 bridgehead atoms. The van der Waals surface area contributed by atoms with Crippen LogP contribution < -0.4 is 5.32 Å². The van der Waals surface area contributed by atoms with Gasteiger partial charge in [0.25, 0.3) is 5.91 Å². The first-order valence-electron chi connectivity index (χ1n) is 9.26. The summed E-state index contributed by atoms with van der Waals surface area (Å²) in [6.45, 7) is 7.70. The SMILES string of the molecule is CCCCN(CC)CCNC(=O)c1ccc(CS(=O)c2ccc(Cl)cc2)o1. The maximum Gasteiger partial charge on any atom is 0.287 e. The van der Waals surface area contributed by atoms with Gasteiger partial charge in [0.1, 0.15) is 5.76 Å². The maximum absolute atomic E-state index is 12.4. The molecule has 1 unspecified atom stereocenters. The highest BCUT2D eigenvalue weighted by Gasteiger charge is 2.14. The van der Waals surface area contributed by atoms with Gasteiger partial charge in [-0.2, -0.15) is 0 Å². The molecule has 0 aliphatic carbocycles. The molecule has 0 fully saturated rings. The van der Waals surface area contributed by atoms with Crippen molar-refractivity contribution in [1.29, 1.82) is 0 Å². The molecule has 1 aromatic heterocycles. The van der Waals surface area contributed by atoms with Crippen LogP contribution in [-0.4, -0.2) is 41.2 Å². The molecule has 1 amide bonds. The zero-order valence-electron chi connectivity index (χ0n) is 15.9. The summed E-state index contributed by atoms with van der Waals surface area (Å²) in [6, 6.07) is 10.2. The fourth-order valence-electron chi connectivity index (χ4n) is 2.60. The number of unbranched alkanes of at least 4 members (excludes halogenated alkanes) is 1. The van der Waals surface area contributed by atoms with Crippen LogP contribution in [0.4, 0.5) is 0 Å². The Morgan fingerprint density at radius 2 is 1.89 bits per heavy atom. The predicted octanol–water partition coefficient (Wildman–Crippen LogP) is 4.09. The molecule has 148 valence electrons. The van der Waals surface area contributed by atoms with E-state index in [-0.39, 0.29) is 17.4 Å². The molecule has 1 atom stereocenters. The summed E-state index contributed by atoms with van der Waals surface area (Å²) in [5.41, 5.74) is 0. The van der Waals surface area contributed by atoms with Crippen LogP contribution in [0.1, 0.15) is 43.0 Å². The van der Waals surface area contributed by atoms with Crippen LogP contribution in [0, 0.1) is 0 Å². The van der Waals surface area contributed by atoms with Gasteiger partial charge in [-0.25, -0.2) is 0 Å². The lowest BCUT2D eigenvalue weighted by atomic mass is 10.3. The monoisotopic (exact) mass is 410 g/mol. The van der Waals surface area contributed by atoms with E-state index in [1.807, 2.05) is 0 Å². The Hall–Kier alpha value is -1.63. The second-order valence-corrected chi connectivity index (χ2v) is 8.14. The van der Waals surface area contributed by atoms with Gasteiger partial charge in [-0.15, -0.1) is 0 Å². The smallest absolute Gasteiger partial charge is 0.287 e. The summed E-state index contributed by atoms with van der Waals surface area (Å²) in [7, 11) is -1.25. The van der Waals surface area contributed by atoms with Gasteiger partial charge in [0.05, 0.1) is 16.6 Å².